The summed E-state index contributed by atoms with van der Waals surface area (Å²) in [6, 6.07) is 5.11. The molecule has 0 aliphatic carbocycles. The Balaban J connectivity index is 2.57. The molecule has 58 valence electrons. The van der Waals surface area contributed by atoms with E-state index in [1.54, 1.807) is 6.07 Å². The molecular formula is C9H9FO. The second-order valence-corrected chi connectivity index (χ2v) is 2.76. The number of ether oxygens (including phenoxy) is 1. The van der Waals surface area contributed by atoms with Crippen LogP contribution in [0.15, 0.2) is 18.2 Å². The highest BCUT2D eigenvalue weighted by Gasteiger charge is 2.21. The summed E-state index contributed by atoms with van der Waals surface area (Å²) in [5.74, 6) is -0.146. The Kier molecular flexibility index (Phi) is 1.43. The maximum absolute atomic E-state index is 13.0. The molecule has 0 amide bonds. The molecule has 0 bridgehead atoms. The normalized spacial score (nSPS) is 21.8. The van der Waals surface area contributed by atoms with Crippen molar-refractivity contribution < 1.29 is 9.13 Å². The van der Waals surface area contributed by atoms with Crippen molar-refractivity contribution in [2.24, 2.45) is 0 Å². The first-order valence-corrected chi connectivity index (χ1v) is 3.68. The van der Waals surface area contributed by atoms with Crippen molar-refractivity contribution in [2.45, 2.75) is 19.6 Å². The molecule has 0 saturated heterocycles. The zero-order chi connectivity index (χ0) is 7.84. The summed E-state index contributed by atoms with van der Waals surface area (Å²) in [6.07, 6.45) is 0.0562. The molecule has 1 unspecified atom stereocenters. The third-order valence-electron chi connectivity index (χ3n) is 2.07. The average Bonchev–Trinajstić information content (AvgIpc) is 2.35. The van der Waals surface area contributed by atoms with Gasteiger partial charge in [0.05, 0.1) is 12.7 Å². The Bertz CT molecular complexity index is 283. The van der Waals surface area contributed by atoms with Crippen molar-refractivity contribution >= 4 is 0 Å². The lowest BCUT2D eigenvalue weighted by Gasteiger charge is -2.01. The van der Waals surface area contributed by atoms with Crippen LogP contribution in [0.3, 0.4) is 0 Å². The summed E-state index contributed by atoms with van der Waals surface area (Å²) in [6.45, 7) is 2.36. The SMILES string of the molecule is CC1OCc2c(F)cccc21. The van der Waals surface area contributed by atoms with E-state index in [-0.39, 0.29) is 11.9 Å². The smallest absolute Gasteiger partial charge is 0.129 e. The Hall–Kier alpha value is -0.890. The lowest BCUT2D eigenvalue weighted by atomic mass is 10.1. The largest absolute Gasteiger partial charge is 0.369 e. The summed E-state index contributed by atoms with van der Waals surface area (Å²) >= 11 is 0. The van der Waals surface area contributed by atoms with Crippen LogP contribution in [0.25, 0.3) is 0 Å². The number of halogens is 1. The summed E-state index contributed by atoms with van der Waals surface area (Å²) in [7, 11) is 0. The Morgan fingerprint density at radius 2 is 2.36 bits per heavy atom. The second kappa shape index (κ2) is 2.31. The third kappa shape index (κ3) is 0.942. The van der Waals surface area contributed by atoms with Crippen molar-refractivity contribution in [3.8, 4) is 0 Å². The van der Waals surface area contributed by atoms with E-state index >= 15 is 0 Å². The van der Waals surface area contributed by atoms with Crippen LogP contribution in [0.5, 0.6) is 0 Å². The molecule has 1 heterocycles. The standard InChI is InChI=1S/C9H9FO/c1-6-7-3-2-4-9(10)8(7)5-11-6/h2-4,6H,5H2,1H3. The average molecular weight is 152 g/mol. The van der Waals surface area contributed by atoms with E-state index in [2.05, 4.69) is 0 Å². The molecule has 0 spiro atoms. The van der Waals surface area contributed by atoms with E-state index < -0.39 is 0 Å². The first-order chi connectivity index (χ1) is 5.29. The molecule has 0 fully saturated rings. The quantitative estimate of drug-likeness (QED) is 0.554. The number of fused-ring (bicyclic) bond motifs is 1. The maximum Gasteiger partial charge on any atom is 0.129 e. The van der Waals surface area contributed by atoms with Gasteiger partial charge in [-0.25, -0.2) is 4.39 Å². The van der Waals surface area contributed by atoms with Crippen LogP contribution in [0.4, 0.5) is 4.39 Å². The highest BCUT2D eigenvalue weighted by Crippen LogP contribution is 2.31. The van der Waals surface area contributed by atoms with E-state index in [0.29, 0.717) is 6.61 Å². The fraction of sp³-hybridized carbons (Fsp3) is 0.333. The summed E-state index contributed by atoms with van der Waals surface area (Å²) < 4.78 is 18.2. The number of hydrogen-bond acceptors (Lipinski definition) is 1. The van der Waals surface area contributed by atoms with Gasteiger partial charge in [0.1, 0.15) is 5.82 Å². The van der Waals surface area contributed by atoms with Gasteiger partial charge in [-0.05, 0) is 18.6 Å². The molecule has 0 aromatic heterocycles. The lowest BCUT2D eigenvalue weighted by Crippen LogP contribution is -1.88. The van der Waals surface area contributed by atoms with Crippen molar-refractivity contribution in [2.75, 3.05) is 0 Å². The van der Waals surface area contributed by atoms with Crippen LogP contribution in [0.2, 0.25) is 0 Å². The minimum absolute atomic E-state index is 0.0562. The van der Waals surface area contributed by atoms with Crippen LogP contribution in [0.1, 0.15) is 24.2 Å². The predicted octanol–water partition coefficient (Wildman–Crippen LogP) is 2.42. The molecule has 1 atom stereocenters. The van der Waals surface area contributed by atoms with E-state index in [4.69, 9.17) is 4.74 Å². The van der Waals surface area contributed by atoms with Crippen molar-refractivity contribution in [3.63, 3.8) is 0 Å². The second-order valence-electron chi connectivity index (χ2n) is 2.76. The molecule has 1 nitrogen and oxygen atoms in total. The van der Waals surface area contributed by atoms with Crippen LogP contribution >= 0.6 is 0 Å². The molecule has 2 rings (SSSR count). The molecular weight excluding hydrogens is 143 g/mol. The summed E-state index contributed by atoms with van der Waals surface area (Å²) in [4.78, 5) is 0. The van der Waals surface area contributed by atoms with Crippen LogP contribution in [-0.2, 0) is 11.3 Å². The molecule has 1 aliphatic rings. The van der Waals surface area contributed by atoms with Crippen LogP contribution in [0, 0.1) is 5.82 Å². The van der Waals surface area contributed by atoms with Gasteiger partial charge in [-0.2, -0.15) is 0 Å². The molecule has 1 aromatic rings. The topological polar surface area (TPSA) is 9.23 Å². The van der Waals surface area contributed by atoms with Gasteiger partial charge in [-0.3, -0.25) is 0 Å². The Labute approximate surface area is 64.8 Å². The molecule has 2 heteroatoms. The molecule has 0 saturated carbocycles. The number of hydrogen-bond donors (Lipinski definition) is 0. The maximum atomic E-state index is 13.0. The van der Waals surface area contributed by atoms with E-state index in [9.17, 15) is 4.39 Å². The third-order valence-corrected chi connectivity index (χ3v) is 2.07. The minimum atomic E-state index is -0.146. The van der Waals surface area contributed by atoms with Gasteiger partial charge < -0.3 is 4.74 Å². The first kappa shape index (κ1) is 6.80. The Morgan fingerprint density at radius 3 is 3.09 bits per heavy atom. The van der Waals surface area contributed by atoms with Crippen LogP contribution in [-0.4, -0.2) is 0 Å². The van der Waals surface area contributed by atoms with Gasteiger partial charge in [0.2, 0.25) is 0 Å². The zero-order valence-electron chi connectivity index (χ0n) is 6.30. The fourth-order valence-corrected chi connectivity index (χ4v) is 1.41. The fourth-order valence-electron chi connectivity index (χ4n) is 1.41. The van der Waals surface area contributed by atoms with Gasteiger partial charge in [-0.15, -0.1) is 0 Å². The van der Waals surface area contributed by atoms with Crippen LogP contribution < -0.4 is 0 Å². The van der Waals surface area contributed by atoms with Gasteiger partial charge in [-0.1, -0.05) is 12.1 Å². The zero-order valence-corrected chi connectivity index (χ0v) is 6.30. The number of benzene rings is 1. The highest BCUT2D eigenvalue weighted by atomic mass is 19.1. The molecule has 11 heavy (non-hydrogen) atoms. The highest BCUT2D eigenvalue weighted by molar-refractivity contribution is 5.32. The predicted molar refractivity (Wildman–Crippen MR) is 39.6 cm³/mol. The summed E-state index contributed by atoms with van der Waals surface area (Å²) in [5, 5.41) is 0. The Morgan fingerprint density at radius 1 is 1.55 bits per heavy atom. The van der Waals surface area contributed by atoms with Gasteiger partial charge in [0.25, 0.3) is 0 Å². The van der Waals surface area contributed by atoms with Gasteiger partial charge >= 0.3 is 0 Å². The lowest BCUT2D eigenvalue weighted by molar-refractivity contribution is 0.0788. The van der Waals surface area contributed by atoms with Gasteiger partial charge in [0.15, 0.2) is 0 Å². The summed E-state index contributed by atoms with van der Waals surface area (Å²) in [5.41, 5.74) is 1.71. The van der Waals surface area contributed by atoms with Crippen molar-refractivity contribution in [3.05, 3.63) is 35.1 Å². The first-order valence-electron chi connectivity index (χ1n) is 3.68. The molecule has 1 aromatic carbocycles. The van der Waals surface area contributed by atoms with Crippen molar-refractivity contribution in [1.82, 2.24) is 0 Å². The monoisotopic (exact) mass is 152 g/mol. The molecule has 1 aliphatic heterocycles. The molecule has 0 N–H and O–H groups in total. The van der Waals surface area contributed by atoms with E-state index in [1.165, 1.54) is 6.07 Å². The van der Waals surface area contributed by atoms with E-state index in [0.717, 1.165) is 11.1 Å². The van der Waals surface area contributed by atoms with Crippen molar-refractivity contribution in [1.29, 1.82) is 0 Å². The van der Waals surface area contributed by atoms with Gasteiger partial charge in [0, 0.05) is 5.56 Å². The minimum Gasteiger partial charge on any atom is -0.369 e. The molecule has 0 radical (unpaired) electrons. The van der Waals surface area contributed by atoms with E-state index in [1.807, 2.05) is 13.0 Å². The number of rotatable bonds is 0.